The van der Waals surface area contributed by atoms with Crippen LogP contribution in [0.1, 0.15) is 15.9 Å². The third-order valence-electron chi connectivity index (χ3n) is 4.51. The number of carbonyl (C=O) groups is 1. The molecular weight excluding hydrogens is 373 g/mol. The summed E-state index contributed by atoms with van der Waals surface area (Å²) in [4.78, 5) is 30.1. The van der Waals surface area contributed by atoms with E-state index in [0.717, 1.165) is 5.56 Å². The molecule has 29 heavy (non-hydrogen) atoms. The number of aromatic hydroxyl groups is 1. The van der Waals surface area contributed by atoms with Gasteiger partial charge in [0.05, 0.1) is 11.9 Å². The van der Waals surface area contributed by atoms with Crippen LogP contribution in [0.25, 0.3) is 11.0 Å². The lowest BCUT2D eigenvalue weighted by Gasteiger charge is -2.14. The van der Waals surface area contributed by atoms with Crippen molar-refractivity contribution in [1.82, 2.24) is 9.55 Å². The van der Waals surface area contributed by atoms with Crippen molar-refractivity contribution >= 4 is 22.6 Å². The fourth-order valence-electron chi connectivity index (χ4n) is 3.11. The lowest BCUT2D eigenvalue weighted by Crippen LogP contribution is -2.30. The molecule has 0 bridgehead atoms. The number of aromatic nitrogens is 2. The zero-order valence-electron chi connectivity index (χ0n) is 15.2. The quantitative estimate of drug-likeness (QED) is 0.559. The fourth-order valence-corrected chi connectivity index (χ4v) is 3.11. The van der Waals surface area contributed by atoms with E-state index in [4.69, 9.17) is 0 Å². The maximum Gasteiger partial charge on any atom is 0.269 e. The van der Waals surface area contributed by atoms with Crippen LogP contribution in [0.3, 0.4) is 0 Å². The summed E-state index contributed by atoms with van der Waals surface area (Å²) >= 11 is 0. The topological polar surface area (TPSA) is 84.2 Å². The average Bonchev–Trinajstić information content (AvgIpc) is 2.74. The molecule has 144 valence electrons. The van der Waals surface area contributed by atoms with E-state index in [2.05, 4.69) is 10.3 Å². The first kappa shape index (κ1) is 18.4. The molecule has 0 fully saturated rings. The van der Waals surface area contributed by atoms with Gasteiger partial charge in [0.1, 0.15) is 22.8 Å². The van der Waals surface area contributed by atoms with E-state index in [9.17, 15) is 19.1 Å². The van der Waals surface area contributed by atoms with Crippen LogP contribution in [-0.4, -0.2) is 20.6 Å². The van der Waals surface area contributed by atoms with Crippen LogP contribution in [0.15, 0.2) is 77.7 Å². The Bertz CT molecular complexity index is 1250. The summed E-state index contributed by atoms with van der Waals surface area (Å²) in [5, 5.41) is 13.4. The maximum atomic E-state index is 13.1. The molecule has 2 heterocycles. The molecule has 0 unspecified atom stereocenters. The summed E-state index contributed by atoms with van der Waals surface area (Å²) in [5.41, 5.74) is 0.355. The number of anilines is 1. The Labute approximate surface area is 164 Å². The number of hydrogen-bond donors (Lipinski definition) is 2. The van der Waals surface area contributed by atoms with Gasteiger partial charge in [-0.3, -0.25) is 14.2 Å². The van der Waals surface area contributed by atoms with Gasteiger partial charge < -0.3 is 10.4 Å². The predicted octanol–water partition coefficient (Wildman–Crippen LogP) is 3.54. The lowest BCUT2D eigenvalue weighted by molar-refractivity contribution is 0.102. The maximum absolute atomic E-state index is 13.1. The molecule has 2 N–H and O–H groups in total. The van der Waals surface area contributed by atoms with Crippen molar-refractivity contribution in [2.24, 2.45) is 0 Å². The fraction of sp³-hybridized carbons (Fsp3) is 0.0455. The van der Waals surface area contributed by atoms with Crippen molar-refractivity contribution < 1.29 is 14.3 Å². The minimum absolute atomic E-state index is 0.185. The summed E-state index contributed by atoms with van der Waals surface area (Å²) in [5.74, 6) is -1.68. The molecule has 2 aromatic carbocycles. The van der Waals surface area contributed by atoms with Crippen molar-refractivity contribution in [2.75, 3.05) is 5.32 Å². The first-order valence-corrected chi connectivity index (χ1v) is 8.86. The van der Waals surface area contributed by atoms with Gasteiger partial charge in [-0.1, -0.05) is 30.3 Å². The largest absolute Gasteiger partial charge is 0.506 e. The number of pyridine rings is 2. The highest BCUT2D eigenvalue weighted by Crippen LogP contribution is 2.26. The predicted molar refractivity (Wildman–Crippen MR) is 108 cm³/mol. The van der Waals surface area contributed by atoms with E-state index in [-0.39, 0.29) is 17.6 Å². The highest BCUT2D eigenvalue weighted by Gasteiger charge is 2.23. The summed E-state index contributed by atoms with van der Waals surface area (Å²) in [6, 6.07) is 17.6. The van der Waals surface area contributed by atoms with Crippen molar-refractivity contribution in [3.63, 3.8) is 0 Å². The van der Waals surface area contributed by atoms with Gasteiger partial charge in [-0.05, 0) is 42.0 Å². The summed E-state index contributed by atoms with van der Waals surface area (Å²) in [7, 11) is 0. The minimum Gasteiger partial charge on any atom is -0.506 e. The Morgan fingerprint density at radius 2 is 1.76 bits per heavy atom. The molecule has 0 atom stereocenters. The zero-order chi connectivity index (χ0) is 20.4. The third-order valence-corrected chi connectivity index (χ3v) is 4.51. The molecule has 1 amide bonds. The Morgan fingerprint density at radius 3 is 2.48 bits per heavy atom. The number of fused-ring (bicyclic) bond motifs is 1. The number of halogens is 1. The number of nitrogens with one attached hydrogen (secondary N) is 1. The van der Waals surface area contributed by atoms with Gasteiger partial charge in [0.2, 0.25) is 0 Å². The van der Waals surface area contributed by atoms with Gasteiger partial charge in [-0.15, -0.1) is 0 Å². The van der Waals surface area contributed by atoms with Gasteiger partial charge in [-0.2, -0.15) is 0 Å². The second-order valence-electron chi connectivity index (χ2n) is 6.44. The molecule has 7 heteroatoms. The van der Waals surface area contributed by atoms with Crippen LogP contribution in [0.2, 0.25) is 0 Å². The highest BCUT2D eigenvalue weighted by atomic mass is 19.1. The second-order valence-corrected chi connectivity index (χ2v) is 6.44. The monoisotopic (exact) mass is 389 g/mol. The molecule has 0 aliphatic rings. The lowest BCUT2D eigenvalue weighted by atomic mass is 10.1. The summed E-state index contributed by atoms with van der Waals surface area (Å²) in [6.07, 6.45) is 1.51. The number of rotatable bonds is 4. The van der Waals surface area contributed by atoms with Crippen molar-refractivity contribution in [3.8, 4) is 5.75 Å². The van der Waals surface area contributed by atoms with E-state index >= 15 is 0 Å². The zero-order valence-corrected chi connectivity index (χ0v) is 15.2. The first-order chi connectivity index (χ1) is 14.0. The van der Waals surface area contributed by atoms with E-state index in [1.807, 2.05) is 30.3 Å². The SMILES string of the molecule is O=C(Nc1ccc(F)cc1)c1c(O)c2cccnc2n(Cc2ccccc2)c1=O. The molecular formula is C22H16FN3O3. The van der Waals surface area contributed by atoms with E-state index in [1.165, 1.54) is 35.0 Å². The number of benzene rings is 2. The standard InChI is InChI=1S/C22H16FN3O3/c23-15-8-10-16(11-9-15)25-21(28)18-19(27)17-7-4-12-24-20(17)26(22(18)29)13-14-5-2-1-3-6-14/h1-12,27H,13H2,(H,25,28). The molecule has 0 saturated heterocycles. The second kappa shape index (κ2) is 7.55. The van der Waals surface area contributed by atoms with Crippen LogP contribution >= 0.6 is 0 Å². The summed E-state index contributed by atoms with van der Waals surface area (Å²) in [6.45, 7) is 0.185. The summed E-state index contributed by atoms with van der Waals surface area (Å²) < 4.78 is 14.4. The van der Waals surface area contributed by atoms with Gasteiger partial charge in [0.25, 0.3) is 11.5 Å². The molecule has 0 saturated carbocycles. The number of hydrogen-bond acceptors (Lipinski definition) is 4. The number of amides is 1. The molecule has 4 aromatic rings. The highest BCUT2D eigenvalue weighted by molar-refractivity contribution is 6.08. The van der Waals surface area contributed by atoms with Gasteiger partial charge in [-0.25, -0.2) is 9.37 Å². The molecule has 4 rings (SSSR count). The first-order valence-electron chi connectivity index (χ1n) is 8.86. The number of carbonyl (C=O) groups excluding carboxylic acids is 1. The van der Waals surface area contributed by atoms with E-state index in [0.29, 0.717) is 5.69 Å². The Kier molecular flexibility index (Phi) is 4.78. The van der Waals surface area contributed by atoms with Crippen LogP contribution in [0, 0.1) is 5.82 Å². The van der Waals surface area contributed by atoms with Crippen LogP contribution < -0.4 is 10.9 Å². The van der Waals surface area contributed by atoms with Crippen molar-refractivity contribution in [3.05, 3.63) is 100 Å². The third kappa shape index (κ3) is 3.58. The smallest absolute Gasteiger partial charge is 0.269 e. The Balaban J connectivity index is 1.84. The van der Waals surface area contributed by atoms with Crippen LogP contribution in [0.5, 0.6) is 5.75 Å². The molecule has 2 aromatic heterocycles. The molecule has 0 radical (unpaired) electrons. The molecule has 0 aliphatic carbocycles. The van der Waals surface area contributed by atoms with Crippen LogP contribution in [-0.2, 0) is 6.54 Å². The van der Waals surface area contributed by atoms with Crippen molar-refractivity contribution in [2.45, 2.75) is 6.54 Å². The number of nitrogens with zero attached hydrogens (tertiary/aromatic N) is 2. The Hall–Kier alpha value is -4.00. The van der Waals surface area contributed by atoms with E-state index in [1.54, 1.807) is 12.1 Å². The van der Waals surface area contributed by atoms with Crippen LogP contribution in [0.4, 0.5) is 10.1 Å². The van der Waals surface area contributed by atoms with E-state index < -0.39 is 28.6 Å². The van der Waals surface area contributed by atoms with Crippen molar-refractivity contribution in [1.29, 1.82) is 0 Å². The van der Waals surface area contributed by atoms with Gasteiger partial charge in [0, 0.05) is 11.9 Å². The average molecular weight is 389 g/mol. The van der Waals surface area contributed by atoms with Gasteiger partial charge >= 0.3 is 0 Å². The Morgan fingerprint density at radius 1 is 1.03 bits per heavy atom. The van der Waals surface area contributed by atoms with Gasteiger partial charge in [0.15, 0.2) is 0 Å². The molecule has 6 nitrogen and oxygen atoms in total. The minimum atomic E-state index is -0.785. The normalized spacial score (nSPS) is 10.8. The molecule has 0 aliphatic heterocycles. The molecule has 0 spiro atoms.